The summed E-state index contributed by atoms with van der Waals surface area (Å²) in [5, 5.41) is 10.4. The van der Waals surface area contributed by atoms with Crippen molar-refractivity contribution in [1.29, 1.82) is 0 Å². The van der Waals surface area contributed by atoms with Crippen LogP contribution in [-0.2, 0) is 10.8 Å². The van der Waals surface area contributed by atoms with E-state index < -0.39 is 0 Å². The Balaban J connectivity index is 2.82. The fraction of sp³-hybridized carbons (Fsp3) is 0.600. The highest BCUT2D eigenvalue weighted by atomic mass is 32.2. The van der Waals surface area contributed by atoms with Gasteiger partial charge in [-0.3, -0.25) is 0 Å². The van der Waals surface area contributed by atoms with E-state index in [9.17, 15) is 5.11 Å². The molecule has 1 aliphatic rings. The first kappa shape index (κ1) is 12.8. The highest BCUT2D eigenvalue weighted by Gasteiger charge is 2.38. The number of rotatable bonds is 0. The lowest BCUT2D eigenvalue weighted by atomic mass is 9.73. The van der Waals surface area contributed by atoms with Gasteiger partial charge in [-0.25, -0.2) is 0 Å². The average Bonchev–Trinajstić information content (AvgIpc) is 2.85. The van der Waals surface area contributed by atoms with Gasteiger partial charge in [-0.05, 0) is 28.9 Å². The van der Waals surface area contributed by atoms with E-state index in [1.165, 1.54) is 16.0 Å². The maximum Gasteiger partial charge on any atom is 0.134 e. The van der Waals surface area contributed by atoms with Gasteiger partial charge in [0.05, 0.1) is 4.90 Å². The molecule has 0 spiro atoms. The van der Waals surface area contributed by atoms with E-state index in [0.717, 1.165) is 10.5 Å². The molecule has 0 saturated carbocycles. The second-order valence-electron chi connectivity index (χ2n) is 6.98. The molecule has 0 aliphatic carbocycles. The lowest BCUT2D eigenvalue weighted by Crippen LogP contribution is -2.23. The van der Waals surface area contributed by atoms with Crippen LogP contribution >= 0.6 is 11.8 Å². The van der Waals surface area contributed by atoms with Crippen molar-refractivity contribution in [2.75, 3.05) is 0 Å². The molecule has 0 unspecified atom stereocenters. The summed E-state index contributed by atoms with van der Waals surface area (Å²) in [4.78, 5) is 2.39. The summed E-state index contributed by atoms with van der Waals surface area (Å²) in [5.74, 6) is 0.521. The zero-order valence-electron chi connectivity index (χ0n) is 11.9. The minimum atomic E-state index is -0.0182. The molecule has 1 heterocycles. The number of benzene rings is 1. The summed E-state index contributed by atoms with van der Waals surface area (Å²) in [6.07, 6.45) is 0. The first-order valence-electron chi connectivity index (χ1n) is 6.13. The van der Waals surface area contributed by atoms with Crippen LogP contribution in [0.1, 0.15) is 58.2 Å². The maximum absolute atomic E-state index is 10.4. The zero-order chi connectivity index (χ0) is 13.2. The summed E-state index contributed by atoms with van der Waals surface area (Å²) in [6, 6.07) is 0. The van der Waals surface area contributed by atoms with Crippen molar-refractivity contribution in [3.63, 3.8) is 0 Å². The summed E-state index contributed by atoms with van der Waals surface area (Å²) >= 11 is 1.72. The topological polar surface area (TPSA) is 20.2 Å². The Morgan fingerprint density at radius 1 is 0.824 bits per heavy atom. The zero-order valence-corrected chi connectivity index (χ0v) is 12.7. The van der Waals surface area contributed by atoms with Gasteiger partial charge in [0.15, 0.2) is 0 Å². The van der Waals surface area contributed by atoms with Gasteiger partial charge in [0.2, 0.25) is 0 Å². The highest BCUT2D eigenvalue weighted by Crippen LogP contribution is 2.61. The molecule has 0 aromatic heterocycles. The smallest absolute Gasteiger partial charge is 0.134 e. The molecule has 1 aromatic rings. The molecule has 17 heavy (non-hydrogen) atoms. The van der Waals surface area contributed by atoms with E-state index in [0.29, 0.717) is 5.75 Å². The van der Waals surface area contributed by atoms with Crippen LogP contribution in [0.4, 0.5) is 0 Å². The Kier molecular flexibility index (Phi) is 2.59. The molecular formula is C15H22OS. The summed E-state index contributed by atoms with van der Waals surface area (Å²) < 4.78 is 0. The van der Waals surface area contributed by atoms with E-state index >= 15 is 0 Å². The summed E-state index contributed by atoms with van der Waals surface area (Å²) in [7, 11) is 0. The number of aromatic hydroxyl groups is 1. The third-order valence-corrected chi connectivity index (χ3v) is 4.40. The molecule has 0 radical (unpaired) electrons. The molecule has 1 aliphatic heterocycles. The Morgan fingerprint density at radius 3 is 1.71 bits per heavy atom. The van der Waals surface area contributed by atoms with Gasteiger partial charge in [-0.1, -0.05) is 53.3 Å². The normalized spacial score (nSPS) is 14.8. The van der Waals surface area contributed by atoms with Gasteiger partial charge in [0.25, 0.3) is 0 Å². The van der Waals surface area contributed by atoms with Crippen molar-refractivity contribution in [1.82, 2.24) is 0 Å². The molecule has 0 fully saturated rings. The van der Waals surface area contributed by atoms with E-state index in [2.05, 4.69) is 48.5 Å². The van der Waals surface area contributed by atoms with Crippen LogP contribution in [0.25, 0.3) is 0 Å². The van der Waals surface area contributed by atoms with E-state index in [1.807, 2.05) is 0 Å². The summed E-state index contributed by atoms with van der Waals surface area (Å²) in [6.45, 7) is 15.4. The minimum absolute atomic E-state index is 0.0182. The van der Waals surface area contributed by atoms with Gasteiger partial charge in [0, 0.05) is 10.5 Å². The quantitative estimate of drug-likeness (QED) is 0.680. The van der Waals surface area contributed by atoms with Gasteiger partial charge in [-0.2, -0.15) is 0 Å². The number of hydrogen-bond donors (Lipinski definition) is 1. The standard InChI is InChI=1S/C15H22OS/c1-8-9(14(2,3)4)10(15(5,6)7)11(16)13-12(8)17-13/h16H,1-7H3. The molecular weight excluding hydrogens is 228 g/mol. The second-order valence-corrected chi connectivity index (χ2v) is 8.00. The van der Waals surface area contributed by atoms with Crippen LogP contribution in [0.15, 0.2) is 9.79 Å². The van der Waals surface area contributed by atoms with Crippen molar-refractivity contribution in [3.05, 3.63) is 16.7 Å². The number of phenolic OH excluding ortho intramolecular Hbond substituents is 1. The van der Waals surface area contributed by atoms with Gasteiger partial charge < -0.3 is 5.11 Å². The highest BCUT2D eigenvalue weighted by molar-refractivity contribution is 8.05. The molecule has 0 bridgehead atoms. The third kappa shape index (κ3) is 1.97. The first-order valence-corrected chi connectivity index (χ1v) is 6.95. The molecule has 0 atom stereocenters. The molecule has 1 N–H and O–H groups in total. The second kappa shape index (κ2) is 3.44. The van der Waals surface area contributed by atoms with Crippen molar-refractivity contribution < 1.29 is 5.11 Å². The van der Waals surface area contributed by atoms with Crippen molar-refractivity contribution in [3.8, 4) is 5.75 Å². The molecule has 1 nitrogen and oxygen atoms in total. The van der Waals surface area contributed by atoms with Crippen molar-refractivity contribution >= 4 is 11.8 Å². The van der Waals surface area contributed by atoms with Crippen LogP contribution in [0.5, 0.6) is 5.75 Å². The van der Waals surface area contributed by atoms with Crippen LogP contribution in [0.2, 0.25) is 0 Å². The van der Waals surface area contributed by atoms with Crippen molar-refractivity contribution in [2.24, 2.45) is 0 Å². The van der Waals surface area contributed by atoms with E-state index in [1.54, 1.807) is 11.8 Å². The summed E-state index contributed by atoms with van der Waals surface area (Å²) in [5.41, 5.74) is 3.87. The Morgan fingerprint density at radius 2 is 1.29 bits per heavy atom. The fourth-order valence-corrected chi connectivity index (χ4v) is 3.54. The largest absolute Gasteiger partial charge is 0.506 e. The third-order valence-electron chi connectivity index (χ3n) is 3.29. The molecule has 0 amide bonds. The number of fused-ring (bicyclic) bond motifs is 1. The average molecular weight is 250 g/mol. The SMILES string of the molecule is Cc1c2c(c(O)c(C(C)(C)C)c1C(C)(C)C)S2. The molecule has 0 saturated heterocycles. The van der Waals surface area contributed by atoms with Gasteiger partial charge >= 0.3 is 0 Å². The van der Waals surface area contributed by atoms with Crippen LogP contribution in [0.3, 0.4) is 0 Å². The minimum Gasteiger partial charge on any atom is -0.506 e. The van der Waals surface area contributed by atoms with Crippen molar-refractivity contribution in [2.45, 2.75) is 69.1 Å². The van der Waals surface area contributed by atoms with Crippen LogP contribution < -0.4 is 0 Å². The van der Waals surface area contributed by atoms with Gasteiger partial charge in [-0.15, -0.1) is 0 Å². The van der Waals surface area contributed by atoms with Crippen LogP contribution in [-0.4, -0.2) is 5.11 Å². The lowest BCUT2D eigenvalue weighted by molar-refractivity contribution is 0.422. The molecule has 2 heteroatoms. The fourth-order valence-electron chi connectivity index (χ4n) is 2.68. The predicted molar refractivity (Wildman–Crippen MR) is 74.4 cm³/mol. The molecule has 94 valence electrons. The monoisotopic (exact) mass is 250 g/mol. The first-order chi connectivity index (χ1) is 7.55. The Hall–Kier alpha value is -0.630. The predicted octanol–water partition coefficient (Wildman–Crippen LogP) is 4.76. The Bertz CT molecular complexity index is 442. The number of phenols is 1. The number of hydrogen-bond acceptors (Lipinski definition) is 2. The molecule has 2 rings (SSSR count). The Labute approximate surface area is 109 Å². The maximum atomic E-state index is 10.4. The lowest BCUT2D eigenvalue weighted by Gasteiger charge is -2.31. The van der Waals surface area contributed by atoms with Gasteiger partial charge in [0.1, 0.15) is 5.75 Å². The van der Waals surface area contributed by atoms with Crippen LogP contribution in [0, 0.1) is 6.92 Å². The van der Waals surface area contributed by atoms with E-state index in [4.69, 9.17) is 0 Å². The molecule has 1 aromatic carbocycles. The van der Waals surface area contributed by atoms with E-state index in [-0.39, 0.29) is 10.8 Å².